The van der Waals surface area contributed by atoms with Crippen molar-refractivity contribution in [2.24, 2.45) is 11.3 Å². The summed E-state index contributed by atoms with van der Waals surface area (Å²) < 4.78 is 25.8. The first-order valence-corrected chi connectivity index (χ1v) is 9.55. The third kappa shape index (κ3) is 2.96. The summed E-state index contributed by atoms with van der Waals surface area (Å²) in [5.41, 5.74) is 0.220. The third-order valence-electron chi connectivity index (χ3n) is 5.47. The van der Waals surface area contributed by atoms with Crippen molar-refractivity contribution in [2.75, 3.05) is 32.4 Å². The van der Waals surface area contributed by atoms with Crippen LogP contribution in [0.15, 0.2) is 0 Å². The second-order valence-corrected chi connectivity index (χ2v) is 8.65. The number of amides is 1. The van der Waals surface area contributed by atoms with E-state index in [0.717, 1.165) is 45.2 Å². The number of carbonyl (C=O) groups excluding carboxylic acids is 1. The van der Waals surface area contributed by atoms with Gasteiger partial charge in [-0.3, -0.25) is 4.79 Å². The Kier molecular flexibility index (Phi) is 4.00. The summed E-state index contributed by atoms with van der Waals surface area (Å²) >= 11 is 0. The van der Waals surface area contributed by atoms with Gasteiger partial charge in [-0.25, -0.2) is 13.1 Å². The lowest BCUT2D eigenvalue weighted by Crippen LogP contribution is -2.43. The first-order valence-electron chi connectivity index (χ1n) is 7.90. The van der Waals surface area contributed by atoms with E-state index >= 15 is 0 Å². The molecule has 2 N–H and O–H groups in total. The maximum atomic E-state index is 12.8. The zero-order valence-corrected chi connectivity index (χ0v) is 13.4. The second-order valence-electron chi connectivity index (χ2n) is 6.68. The Morgan fingerprint density at radius 2 is 2.10 bits per heavy atom. The van der Waals surface area contributed by atoms with Gasteiger partial charge in [-0.05, 0) is 57.7 Å². The summed E-state index contributed by atoms with van der Waals surface area (Å²) in [6, 6.07) is -0.144. The van der Waals surface area contributed by atoms with Gasteiger partial charge in [0, 0.05) is 18.5 Å². The van der Waals surface area contributed by atoms with E-state index in [1.807, 2.05) is 4.90 Å². The smallest absolute Gasteiger partial charge is 0.226 e. The molecule has 21 heavy (non-hydrogen) atoms. The minimum absolute atomic E-state index is 0.0382. The Hall–Kier alpha value is -0.660. The highest BCUT2D eigenvalue weighted by atomic mass is 32.2. The molecule has 2 heterocycles. The number of nitrogens with one attached hydrogen (secondary N) is 2. The van der Waals surface area contributed by atoms with Crippen molar-refractivity contribution >= 4 is 15.9 Å². The van der Waals surface area contributed by atoms with E-state index in [0.29, 0.717) is 6.54 Å². The summed E-state index contributed by atoms with van der Waals surface area (Å²) in [6.07, 6.45) is 4.87. The molecule has 2 aliphatic heterocycles. The summed E-state index contributed by atoms with van der Waals surface area (Å²) in [6.45, 7) is 2.72. The highest BCUT2D eigenvalue weighted by Gasteiger charge is 2.59. The fraction of sp³-hybridized carbons (Fsp3) is 0.929. The minimum atomic E-state index is -3.26. The molecule has 1 amide bonds. The van der Waals surface area contributed by atoms with Crippen molar-refractivity contribution in [1.29, 1.82) is 0 Å². The molecule has 3 fully saturated rings. The predicted molar refractivity (Wildman–Crippen MR) is 80.2 cm³/mol. The fourth-order valence-electron chi connectivity index (χ4n) is 4.01. The fourth-order valence-corrected chi connectivity index (χ4v) is 5.03. The number of hydrogen-bond donors (Lipinski definition) is 2. The van der Waals surface area contributed by atoms with E-state index in [9.17, 15) is 13.2 Å². The van der Waals surface area contributed by atoms with Gasteiger partial charge in [0.05, 0.1) is 5.75 Å². The molecule has 6 nitrogen and oxygen atoms in total. The average molecular weight is 315 g/mol. The predicted octanol–water partition coefficient (Wildman–Crippen LogP) is -0.0837. The summed E-state index contributed by atoms with van der Waals surface area (Å²) in [7, 11) is -1.83. The minimum Gasteiger partial charge on any atom is -0.338 e. The Bertz CT molecular complexity index is 514. The van der Waals surface area contributed by atoms with Crippen LogP contribution in [0.5, 0.6) is 0 Å². The van der Waals surface area contributed by atoms with E-state index in [1.54, 1.807) is 0 Å². The SMILES string of the molecule is CNS(=O)(=O)CC1CCCN1C(=O)C1CC12CCNCC2. The molecule has 3 aliphatic rings. The topological polar surface area (TPSA) is 78.5 Å². The molecule has 2 saturated heterocycles. The largest absolute Gasteiger partial charge is 0.338 e. The first-order chi connectivity index (χ1) is 9.97. The third-order valence-corrected chi connectivity index (χ3v) is 6.92. The molecule has 0 aromatic carbocycles. The standard InChI is InChI=1S/C14H25N3O3S/c1-15-21(19,20)10-11-3-2-8-17(11)13(18)12-9-14(12)4-6-16-7-5-14/h11-12,15-16H,2-10H2,1H3. The number of carbonyl (C=O) groups is 1. The quantitative estimate of drug-likeness (QED) is 0.760. The van der Waals surface area contributed by atoms with E-state index in [1.165, 1.54) is 7.05 Å². The number of piperidine rings is 1. The zero-order valence-electron chi connectivity index (χ0n) is 12.6. The van der Waals surface area contributed by atoms with Crippen LogP contribution in [0.25, 0.3) is 0 Å². The number of likely N-dealkylation sites (tertiary alicyclic amines) is 1. The van der Waals surface area contributed by atoms with Gasteiger partial charge < -0.3 is 10.2 Å². The van der Waals surface area contributed by atoms with Crippen LogP contribution in [-0.4, -0.2) is 57.7 Å². The highest BCUT2D eigenvalue weighted by molar-refractivity contribution is 7.89. The molecule has 1 spiro atoms. The summed E-state index contributed by atoms with van der Waals surface area (Å²) in [5, 5.41) is 3.34. The molecule has 2 atom stereocenters. The first kappa shape index (κ1) is 15.2. The van der Waals surface area contributed by atoms with Crippen molar-refractivity contribution in [3.8, 4) is 0 Å². The molecule has 0 radical (unpaired) electrons. The van der Waals surface area contributed by atoms with Gasteiger partial charge >= 0.3 is 0 Å². The molecule has 0 aromatic rings. The lowest BCUT2D eigenvalue weighted by molar-refractivity contribution is -0.134. The van der Waals surface area contributed by atoms with Gasteiger partial charge in [0.2, 0.25) is 15.9 Å². The molecule has 0 aromatic heterocycles. The van der Waals surface area contributed by atoms with E-state index in [4.69, 9.17) is 0 Å². The maximum Gasteiger partial charge on any atom is 0.226 e. The van der Waals surface area contributed by atoms with Crippen LogP contribution in [0.4, 0.5) is 0 Å². The highest BCUT2D eigenvalue weighted by Crippen LogP contribution is 2.59. The Labute approximate surface area is 126 Å². The zero-order chi connectivity index (χ0) is 15.1. The molecule has 120 valence electrons. The van der Waals surface area contributed by atoms with E-state index in [2.05, 4.69) is 10.0 Å². The van der Waals surface area contributed by atoms with Gasteiger partial charge in [-0.15, -0.1) is 0 Å². The van der Waals surface area contributed by atoms with E-state index < -0.39 is 10.0 Å². The van der Waals surface area contributed by atoms with Crippen molar-refractivity contribution < 1.29 is 13.2 Å². The van der Waals surface area contributed by atoms with Crippen molar-refractivity contribution in [3.05, 3.63) is 0 Å². The van der Waals surface area contributed by atoms with Gasteiger partial charge in [0.1, 0.15) is 0 Å². The number of hydrogen-bond acceptors (Lipinski definition) is 4. The summed E-state index contributed by atoms with van der Waals surface area (Å²) in [4.78, 5) is 14.6. The average Bonchev–Trinajstić information content (AvgIpc) is 2.95. The molecule has 1 saturated carbocycles. The molecule has 2 unspecified atom stereocenters. The van der Waals surface area contributed by atoms with E-state index in [-0.39, 0.29) is 29.0 Å². The van der Waals surface area contributed by atoms with Gasteiger partial charge in [-0.1, -0.05) is 0 Å². The van der Waals surface area contributed by atoms with Gasteiger partial charge in [0.25, 0.3) is 0 Å². The molecular formula is C14H25N3O3S. The van der Waals surface area contributed by atoms with Crippen LogP contribution in [0.2, 0.25) is 0 Å². The Morgan fingerprint density at radius 1 is 1.38 bits per heavy atom. The lowest BCUT2D eigenvalue weighted by atomic mass is 9.91. The van der Waals surface area contributed by atoms with Crippen LogP contribution in [0.1, 0.15) is 32.1 Å². The Morgan fingerprint density at radius 3 is 2.76 bits per heavy atom. The molecular weight excluding hydrogens is 290 g/mol. The van der Waals surface area contributed by atoms with Crippen molar-refractivity contribution in [2.45, 2.75) is 38.1 Å². The number of sulfonamides is 1. The molecule has 7 heteroatoms. The monoisotopic (exact) mass is 315 g/mol. The van der Waals surface area contributed by atoms with Crippen LogP contribution in [-0.2, 0) is 14.8 Å². The maximum absolute atomic E-state index is 12.8. The van der Waals surface area contributed by atoms with Gasteiger partial charge in [0.15, 0.2) is 0 Å². The van der Waals surface area contributed by atoms with Crippen molar-refractivity contribution in [3.63, 3.8) is 0 Å². The second kappa shape index (κ2) is 5.52. The molecule has 1 aliphatic carbocycles. The molecule has 0 bridgehead atoms. The van der Waals surface area contributed by atoms with Crippen LogP contribution >= 0.6 is 0 Å². The van der Waals surface area contributed by atoms with Crippen LogP contribution < -0.4 is 10.0 Å². The lowest BCUT2D eigenvalue weighted by Gasteiger charge is -2.28. The van der Waals surface area contributed by atoms with Crippen LogP contribution in [0.3, 0.4) is 0 Å². The molecule has 3 rings (SSSR count). The van der Waals surface area contributed by atoms with Crippen molar-refractivity contribution in [1.82, 2.24) is 14.9 Å². The number of rotatable bonds is 4. The number of nitrogens with zero attached hydrogens (tertiary/aromatic N) is 1. The summed E-state index contributed by atoms with van der Waals surface area (Å²) in [5.74, 6) is 0.374. The van der Waals surface area contributed by atoms with Crippen LogP contribution in [0, 0.1) is 11.3 Å². The normalized spacial score (nSPS) is 31.6. The Balaban J connectivity index is 1.64. The van der Waals surface area contributed by atoms with Gasteiger partial charge in [-0.2, -0.15) is 0 Å².